The molecule has 16 heavy (non-hydrogen) atoms. The zero-order valence-corrected chi connectivity index (χ0v) is 12.5. The van der Waals surface area contributed by atoms with Crippen LogP contribution in [0.2, 0.25) is 0 Å². The molecule has 0 amide bonds. The van der Waals surface area contributed by atoms with E-state index in [4.69, 9.17) is 15.3 Å². The van der Waals surface area contributed by atoms with Crippen LogP contribution in [0.25, 0.3) is 0 Å². The van der Waals surface area contributed by atoms with Gasteiger partial charge in [-0.3, -0.25) is 6.08 Å². The summed E-state index contributed by atoms with van der Waals surface area (Å²) in [5.41, 5.74) is 0. The van der Waals surface area contributed by atoms with Gasteiger partial charge in [0, 0.05) is 21.3 Å². The van der Waals surface area contributed by atoms with Crippen LogP contribution in [0.4, 0.5) is 0 Å². The van der Waals surface area contributed by atoms with Gasteiger partial charge in [0.2, 0.25) is 0 Å². The summed E-state index contributed by atoms with van der Waals surface area (Å²) in [6.07, 6.45) is 12.3. The summed E-state index contributed by atoms with van der Waals surface area (Å²) in [6, 6.07) is 0. The van der Waals surface area contributed by atoms with E-state index in [1.165, 1.54) is 6.42 Å². The average Bonchev–Trinajstić information content (AvgIpc) is 2.95. The number of allylic oxidation sites excluding steroid dienone is 4. The molecule has 0 spiro atoms. The van der Waals surface area contributed by atoms with Crippen molar-refractivity contribution in [2.45, 2.75) is 26.2 Å². The van der Waals surface area contributed by atoms with Gasteiger partial charge in [-0.1, -0.05) is 13.3 Å². The first-order chi connectivity index (χ1) is 7.41. The Hall–Kier alpha value is 0.0743. The van der Waals surface area contributed by atoms with E-state index >= 15 is 0 Å². The van der Waals surface area contributed by atoms with Crippen molar-refractivity contribution in [3.05, 3.63) is 31.2 Å². The maximum absolute atomic E-state index is 7.00. The summed E-state index contributed by atoms with van der Waals surface area (Å²) in [4.78, 5) is 0. The number of unbranched alkanes of at least 4 members (excludes halogenated alkanes) is 1. The van der Waals surface area contributed by atoms with E-state index in [9.17, 15) is 0 Å². The Labute approximate surface area is 116 Å². The molecule has 0 aromatic rings. The van der Waals surface area contributed by atoms with Crippen molar-refractivity contribution in [1.82, 2.24) is 0 Å². The molecule has 0 saturated carbocycles. The molecule has 0 atom stereocenters. The smallest absolute Gasteiger partial charge is 0.400 e. The first-order valence-corrected chi connectivity index (χ1v) is 4.77. The van der Waals surface area contributed by atoms with Crippen LogP contribution in [0.5, 0.6) is 0 Å². The molecule has 0 heterocycles. The topological polar surface area (TPSA) is 60.7 Å². The fourth-order valence-electron chi connectivity index (χ4n) is 0.340. The predicted octanol–water partition coefficient (Wildman–Crippen LogP) is 1.75. The van der Waals surface area contributed by atoms with Gasteiger partial charge in [-0.25, -0.2) is 12.2 Å². The van der Waals surface area contributed by atoms with Crippen LogP contribution in [0.15, 0.2) is 18.2 Å². The molecule has 0 aromatic carbocycles. The molecule has 1 aliphatic rings. The van der Waals surface area contributed by atoms with Crippen molar-refractivity contribution in [2.75, 3.05) is 21.3 Å². The SMILES string of the molecule is CO.CO.CO.[C-]1=CC=CC1.[CH2-]CCC.[Ti+2]. The maximum atomic E-state index is 7.00. The summed E-state index contributed by atoms with van der Waals surface area (Å²) in [5.74, 6) is 0. The Balaban J connectivity index is -0.0000000337. The molecule has 0 unspecified atom stereocenters. The molecule has 4 heteroatoms. The fraction of sp³-hybridized carbons (Fsp3) is 0.583. The molecule has 0 bridgehead atoms. The van der Waals surface area contributed by atoms with Gasteiger partial charge in [0.05, 0.1) is 0 Å². The second-order valence-electron chi connectivity index (χ2n) is 1.86. The Bertz CT molecular complexity index is 92.4. The minimum atomic E-state index is 0. The van der Waals surface area contributed by atoms with Crippen LogP contribution in [0.1, 0.15) is 26.2 Å². The minimum Gasteiger partial charge on any atom is -0.400 e. The van der Waals surface area contributed by atoms with Gasteiger partial charge < -0.3 is 22.2 Å². The first-order valence-electron chi connectivity index (χ1n) is 4.77. The molecule has 0 saturated heterocycles. The molecule has 0 aliphatic heterocycles. The predicted molar refractivity (Wildman–Crippen MR) is 66.3 cm³/mol. The zero-order chi connectivity index (χ0) is 12.9. The largest absolute Gasteiger partial charge is 2.00 e. The first kappa shape index (κ1) is 29.8. The van der Waals surface area contributed by atoms with Gasteiger partial charge in [-0.05, 0) is 0 Å². The maximum Gasteiger partial charge on any atom is 2.00 e. The Morgan fingerprint density at radius 3 is 1.56 bits per heavy atom. The van der Waals surface area contributed by atoms with E-state index in [2.05, 4.69) is 26.0 Å². The van der Waals surface area contributed by atoms with Crippen molar-refractivity contribution in [2.24, 2.45) is 0 Å². The summed E-state index contributed by atoms with van der Waals surface area (Å²) in [5, 5.41) is 21.0. The number of rotatable bonds is 1. The van der Waals surface area contributed by atoms with Gasteiger partial charge in [0.15, 0.2) is 0 Å². The summed E-state index contributed by atoms with van der Waals surface area (Å²) >= 11 is 0. The van der Waals surface area contributed by atoms with E-state index in [-0.39, 0.29) is 21.7 Å². The zero-order valence-electron chi connectivity index (χ0n) is 10.9. The summed E-state index contributed by atoms with van der Waals surface area (Å²) < 4.78 is 0. The quantitative estimate of drug-likeness (QED) is 0.500. The molecule has 1 rings (SSSR count). The van der Waals surface area contributed by atoms with Crippen LogP contribution in [-0.2, 0) is 21.7 Å². The van der Waals surface area contributed by atoms with E-state index in [1.54, 1.807) is 0 Å². The second kappa shape index (κ2) is 59.7. The van der Waals surface area contributed by atoms with E-state index < -0.39 is 0 Å². The van der Waals surface area contributed by atoms with E-state index in [1.807, 2.05) is 12.2 Å². The molecule has 0 fully saturated rings. The van der Waals surface area contributed by atoms with Gasteiger partial charge >= 0.3 is 21.7 Å². The van der Waals surface area contributed by atoms with Crippen molar-refractivity contribution in [3.8, 4) is 0 Å². The minimum absolute atomic E-state index is 0. The monoisotopic (exact) mass is 266 g/mol. The van der Waals surface area contributed by atoms with Gasteiger partial charge in [-0.15, -0.1) is 6.42 Å². The second-order valence-corrected chi connectivity index (χ2v) is 1.86. The number of hydrogen-bond acceptors (Lipinski definition) is 3. The summed E-state index contributed by atoms with van der Waals surface area (Å²) in [6.45, 7) is 5.72. The van der Waals surface area contributed by atoms with Crippen molar-refractivity contribution in [1.29, 1.82) is 0 Å². The standard InChI is InChI=1S/C5H5.C4H9.3CH4O.Ti/c1-2-4-5-3-1;1-3-4-2;3*1-2;/h1-3H,4H2;1,3-4H2,2H3;3*2H,1H3;/q2*-1;;;;+2. The van der Waals surface area contributed by atoms with Crippen LogP contribution >= 0.6 is 0 Å². The van der Waals surface area contributed by atoms with Crippen LogP contribution in [0, 0.1) is 13.0 Å². The van der Waals surface area contributed by atoms with Crippen molar-refractivity contribution in [3.63, 3.8) is 0 Å². The molecule has 3 N–H and O–H groups in total. The van der Waals surface area contributed by atoms with Crippen LogP contribution in [0.3, 0.4) is 0 Å². The van der Waals surface area contributed by atoms with Gasteiger partial charge in [0.1, 0.15) is 0 Å². The Morgan fingerprint density at radius 2 is 1.50 bits per heavy atom. The molecule has 1 aliphatic carbocycles. The van der Waals surface area contributed by atoms with E-state index in [0.29, 0.717) is 0 Å². The number of hydrogen-bond donors (Lipinski definition) is 3. The third-order valence-electron chi connectivity index (χ3n) is 0.939. The molecular formula is C12H26O3Ti. The summed E-state index contributed by atoms with van der Waals surface area (Å²) in [7, 11) is 3.00. The van der Waals surface area contributed by atoms with Crippen LogP contribution < -0.4 is 0 Å². The molecule has 0 aromatic heterocycles. The van der Waals surface area contributed by atoms with Gasteiger partial charge in [0.25, 0.3) is 0 Å². The Morgan fingerprint density at radius 1 is 1.12 bits per heavy atom. The Kier molecular flexibility index (Phi) is 111. The molecule has 3 nitrogen and oxygen atoms in total. The molecule has 0 radical (unpaired) electrons. The fourth-order valence-corrected chi connectivity index (χ4v) is 0.340. The van der Waals surface area contributed by atoms with Crippen molar-refractivity contribution < 1.29 is 37.0 Å². The average molecular weight is 266 g/mol. The number of aliphatic hydroxyl groups excluding tert-OH is 3. The van der Waals surface area contributed by atoms with Crippen molar-refractivity contribution >= 4 is 0 Å². The molecular weight excluding hydrogens is 240 g/mol. The number of aliphatic hydroxyl groups is 3. The van der Waals surface area contributed by atoms with E-state index in [0.717, 1.165) is 34.2 Å². The normalized spacial score (nSPS) is 8.50. The van der Waals surface area contributed by atoms with Crippen LogP contribution in [-0.4, -0.2) is 36.6 Å². The third-order valence-corrected chi connectivity index (χ3v) is 0.939. The third kappa shape index (κ3) is 65.2. The van der Waals surface area contributed by atoms with Gasteiger partial charge in [-0.2, -0.15) is 12.5 Å². The molecule has 96 valence electrons.